The molecule has 1 saturated carbocycles. The van der Waals surface area contributed by atoms with Crippen molar-refractivity contribution < 1.29 is 0 Å². The highest BCUT2D eigenvalue weighted by atomic mass is 35.5. The molecule has 1 spiro atoms. The molecule has 2 fully saturated rings. The first kappa shape index (κ1) is 10.2. The number of hydrogen-bond donors (Lipinski definition) is 1. The molecule has 0 radical (unpaired) electrons. The Labute approximate surface area is 107 Å². The van der Waals surface area contributed by atoms with Crippen molar-refractivity contribution in [1.82, 2.24) is 5.32 Å². The van der Waals surface area contributed by atoms with Crippen LogP contribution >= 0.6 is 11.6 Å². The molecule has 0 unspecified atom stereocenters. The quantitative estimate of drug-likeness (QED) is 0.822. The molecular weight excluding hydrogens is 232 g/mol. The SMILES string of the molecule is Clc1ccc2c(c1)C1(CCN2C2CNC2)CC1. The van der Waals surface area contributed by atoms with Gasteiger partial charge in [-0.15, -0.1) is 0 Å². The third-order valence-corrected chi connectivity index (χ3v) is 4.96. The molecular formula is C14H17ClN2. The van der Waals surface area contributed by atoms with Crippen LogP contribution in [0.25, 0.3) is 0 Å². The highest BCUT2D eigenvalue weighted by Crippen LogP contribution is 2.57. The largest absolute Gasteiger partial charge is 0.366 e. The molecule has 1 saturated heterocycles. The van der Waals surface area contributed by atoms with Crippen molar-refractivity contribution in [1.29, 1.82) is 0 Å². The number of nitrogens with zero attached hydrogens (tertiary/aromatic N) is 1. The molecule has 0 atom stereocenters. The monoisotopic (exact) mass is 248 g/mol. The van der Waals surface area contributed by atoms with E-state index in [0.717, 1.165) is 18.1 Å². The number of fused-ring (bicyclic) bond motifs is 2. The van der Waals surface area contributed by atoms with Crippen LogP contribution in [-0.4, -0.2) is 25.7 Å². The average molecular weight is 249 g/mol. The van der Waals surface area contributed by atoms with Crippen LogP contribution in [0.3, 0.4) is 0 Å². The van der Waals surface area contributed by atoms with E-state index in [0.29, 0.717) is 11.5 Å². The number of anilines is 1. The van der Waals surface area contributed by atoms with Gasteiger partial charge in [0.15, 0.2) is 0 Å². The lowest BCUT2D eigenvalue weighted by Crippen LogP contribution is -2.59. The van der Waals surface area contributed by atoms with Crippen LogP contribution in [0.5, 0.6) is 0 Å². The van der Waals surface area contributed by atoms with E-state index in [1.165, 1.54) is 37.1 Å². The second-order valence-corrected chi connectivity index (χ2v) is 6.13. The fourth-order valence-electron chi connectivity index (χ4n) is 3.32. The van der Waals surface area contributed by atoms with Crippen LogP contribution in [0.4, 0.5) is 5.69 Å². The van der Waals surface area contributed by atoms with E-state index < -0.39 is 0 Å². The summed E-state index contributed by atoms with van der Waals surface area (Å²) in [6.07, 6.45) is 4.03. The van der Waals surface area contributed by atoms with Crippen molar-refractivity contribution in [2.45, 2.75) is 30.7 Å². The summed E-state index contributed by atoms with van der Waals surface area (Å²) in [5, 5.41) is 4.26. The summed E-state index contributed by atoms with van der Waals surface area (Å²) in [6, 6.07) is 7.18. The molecule has 4 rings (SSSR count). The van der Waals surface area contributed by atoms with Crippen molar-refractivity contribution >= 4 is 17.3 Å². The van der Waals surface area contributed by atoms with Gasteiger partial charge >= 0.3 is 0 Å². The minimum atomic E-state index is 0.494. The van der Waals surface area contributed by atoms with E-state index >= 15 is 0 Å². The van der Waals surface area contributed by atoms with Gasteiger partial charge in [0.2, 0.25) is 0 Å². The summed E-state index contributed by atoms with van der Waals surface area (Å²) in [5.41, 5.74) is 3.46. The Balaban J connectivity index is 1.79. The first-order valence-corrected chi connectivity index (χ1v) is 6.94. The topological polar surface area (TPSA) is 15.3 Å². The van der Waals surface area contributed by atoms with E-state index in [9.17, 15) is 0 Å². The molecule has 1 aromatic carbocycles. The number of nitrogens with one attached hydrogen (secondary N) is 1. The van der Waals surface area contributed by atoms with Gasteiger partial charge in [-0.05, 0) is 48.4 Å². The lowest BCUT2D eigenvalue weighted by atomic mass is 9.85. The van der Waals surface area contributed by atoms with E-state index in [1.54, 1.807) is 0 Å². The third kappa shape index (κ3) is 1.44. The Morgan fingerprint density at radius 3 is 2.71 bits per heavy atom. The van der Waals surface area contributed by atoms with Gasteiger partial charge < -0.3 is 10.2 Å². The van der Waals surface area contributed by atoms with Gasteiger partial charge in [0.1, 0.15) is 0 Å². The summed E-state index contributed by atoms with van der Waals surface area (Å²) >= 11 is 6.18. The molecule has 3 heteroatoms. The summed E-state index contributed by atoms with van der Waals surface area (Å²) in [6.45, 7) is 3.49. The maximum absolute atomic E-state index is 6.18. The second-order valence-electron chi connectivity index (χ2n) is 5.70. The molecule has 3 aliphatic rings. The molecule has 1 aliphatic carbocycles. The van der Waals surface area contributed by atoms with Gasteiger partial charge in [-0.1, -0.05) is 11.6 Å². The molecule has 0 bridgehead atoms. The highest BCUT2D eigenvalue weighted by molar-refractivity contribution is 6.30. The second kappa shape index (κ2) is 3.39. The van der Waals surface area contributed by atoms with Crippen LogP contribution in [0.1, 0.15) is 24.8 Å². The van der Waals surface area contributed by atoms with Crippen molar-refractivity contribution in [2.24, 2.45) is 0 Å². The molecule has 1 N–H and O–H groups in total. The molecule has 0 amide bonds. The fraction of sp³-hybridized carbons (Fsp3) is 0.571. The van der Waals surface area contributed by atoms with Crippen LogP contribution in [0.15, 0.2) is 18.2 Å². The summed E-state index contributed by atoms with van der Waals surface area (Å²) < 4.78 is 0. The third-order valence-electron chi connectivity index (χ3n) is 4.72. The Morgan fingerprint density at radius 1 is 1.24 bits per heavy atom. The van der Waals surface area contributed by atoms with Crippen LogP contribution < -0.4 is 10.2 Å². The van der Waals surface area contributed by atoms with Crippen LogP contribution in [0, 0.1) is 0 Å². The highest BCUT2D eigenvalue weighted by Gasteiger charge is 2.49. The Morgan fingerprint density at radius 2 is 2.06 bits per heavy atom. The van der Waals surface area contributed by atoms with Crippen molar-refractivity contribution in [3.05, 3.63) is 28.8 Å². The predicted octanol–water partition coefficient (Wildman–Crippen LogP) is 2.55. The van der Waals surface area contributed by atoms with Crippen molar-refractivity contribution in [3.63, 3.8) is 0 Å². The van der Waals surface area contributed by atoms with Crippen molar-refractivity contribution in [3.8, 4) is 0 Å². The van der Waals surface area contributed by atoms with Gasteiger partial charge in [0.05, 0.1) is 6.04 Å². The zero-order valence-electron chi connectivity index (χ0n) is 9.88. The predicted molar refractivity (Wildman–Crippen MR) is 71.0 cm³/mol. The van der Waals surface area contributed by atoms with Gasteiger partial charge in [0, 0.05) is 30.3 Å². The van der Waals surface area contributed by atoms with E-state index in [-0.39, 0.29) is 0 Å². The number of benzene rings is 1. The van der Waals surface area contributed by atoms with Crippen LogP contribution in [0.2, 0.25) is 5.02 Å². The normalized spacial score (nSPS) is 25.6. The van der Waals surface area contributed by atoms with Gasteiger partial charge in [-0.2, -0.15) is 0 Å². The molecule has 90 valence electrons. The minimum absolute atomic E-state index is 0.494. The lowest BCUT2D eigenvalue weighted by molar-refractivity contribution is 0.393. The molecule has 2 nitrogen and oxygen atoms in total. The smallest absolute Gasteiger partial charge is 0.0539 e. The molecule has 2 aliphatic heterocycles. The zero-order valence-corrected chi connectivity index (χ0v) is 10.6. The molecule has 2 heterocycles. The Bertz CT molecular complexity index is 463. The van der Waals surface area contributed by atoms with Gasteiger partial charge in [0.25, 0.3) is 0 Å². The first-order chi connectivity index (χ1) is 8.28. The first-order valence-electron chi connectivity index (χ1n) is 6.56. The standard InChI is InChI=1S/C14H17ClN2/c15-10-1-2-13-12(7-10)14(3-4-14)5-6-17(13)11-8-16-9-11/h1-2,7,11,16H,3-6,8-9H2. The number of halogens is 1. The zero-order chi connectivity index (χ0) is 11.5. The van der Waals surface area contributed by atoms with Crippen molar-refractivity contribution in [2.75, 3.05) is 24.5 Å². The minimum Gasteiger partial charge on any atom is -0.366 e. The summed E-state index contributed by atoms with van der Waals surface area (Å²) in [5.74, 6) is 0. The van der Waals surface area contributed by atoms with Crippen LogP contribution in [-0.2, 0) is 5.41 Å². The lowest BCUT2D eigenvalue weighted by Gasteiger charge is -2.45. The Kier molecular flexibility index (Phi) is 2.04. The van der Waals surface area contributed by atoms with E-state index in [1.807, 2.05) is 6.07 Å². The summed E-state index contributed by atoms with van der Waals surface area (Å²) in [4.78, 5) is 2.59. The Hall–Kier alpha value is -0.730. The molecule has 17 heavy (non-hydrogen) atoms. The number of hydrogen-bond acceptors (Lipinski definition) is 2. The van der Waals surface area contributed by atoms with E-state index in [4.69, 9.17) is 11.6 Å². The average Bonchev–Trinajstić information content (AvgIpc) is 3.01. The fourth-order valence-corrected chi connectivity index (χ4v) is 3.49. The molecule has 0 aromatic heterocycles. The van der Waals surface area contributed by atoms with Gasteiger partial charge in [-0.25, -0.2) is 0 Å². The molecule has 1 aromatic rings. The maximum Gasteiger partial charge on any atom is 0.0539 e. The van der Waals surface area contributed by atoms with E-state index in [2.05, 4.69) is 22.3 Å². The maximum atomic E-state index is 6.18. The number of rotatable bonds is 1. The summed E-state index contributed by atoms with van der Waals surface area (Å²) in [7, 11) is 0. The van der Waals surface area contributed by atoms with Gasteiger partial charge in [-0.3, -0.25) is 0 Å².